The van der Waals surface area contributed by atoms with Crippen molar-refractivity contribution >= 4 is 0 Å². The van der Waals surface area contributed by atoms with Gasteiger partial charge in [0.05, 0.1) is 25.9 Å². The second-order valence-corrected chi connectivity index (χ2v) is 4.92. The molecule has 0 N–H and O–H groups in total. The monoisotopic (exact) mass is 226 g/mol. The lowest BCUT2D eigenvalue weighted by molar-refractivity contribution is -0.190. The predicted octanol–water partition coefficient (Wildman–Crippen LogP) is 2.65. The summed E-state index contributed by atoms with van der Waals surface area (Å²) in [6, 6.07) is 0. The summed E-state index contributed by atoms with van der Waals surface area (Å²) in [7, 11) is 0. The number of ether oxygens (including phenoxy) is 3. The van der Waals surface area contributed by atoms with Crippen molar-refractivity contribution in [1.82, 2.24) is 0 Å². The van der Waals surface area contributed by atoms with E-state index in [0.717, 1.165) is 45.5 Å². The highest BCUT2D eigenvalue weighted by molar-refractivity contribution is 4.93. The molecule has 92 valence electrons. The highest BCUT2D eigenvalue weighted by Crippen LogP contribution is 2.36. The zero-order valence-electron chi connectivity index (χ0n) is 10.3. The fourth-order valence-electron chi connectivity index (χ4n) is 2.33. The van der Waals surface area contributed by atoms with Crippen LogP contribution in [0.2, 0.25) is 0 Å². The number of allylic oxidation sites excluding steroid dienone is 1. The average Bonchev–Trinajstić information content (AvgIpc) is 2.70. The molecule has 0 radical (unpaired) electrons. The van der Waals surface area contributed by atoms with Crippen LogP contribution in [-0.2, 0) is 14.2 Å². The molecule has 2 aliphatic rings. The van der Waals surface area contributed by atoms with E-state index >= 15 is 0 Å². The van der Waals surface area contributed by atoms with Gasteiger partial charge in [-0.05, 0) is 26.7 Å². The topological polar surface area (TPSA) is 27.7 Å². The van der Waals surface area contributed by atoms with E-state index in [9.17, 15) is 0 Å². The maximum absolute atomic E-state index is 5.81. The molecule has 3 nitrogen and oxygen atoms in total. The fourth-order valence-corrected chi connectivity index (χ4v) is 2.33. The Labute approximate surface area is 97.8 Å². The third-order valence-electron chi connectivity index (χ3n) is 3.33. The molecule has 3 heteroatoms. The molecule has 0 atom stereocenters. The zero-order valence-corrected chi connectivity index (χ0v) is 10.3. The first-order valence-corrected chi connectivity index (χ1v) is 6.23. The molecule has 2 fully saturated rings. The molecular formula is C13H22O3. The van der Waals surface area contributed by atoms with Gasteiger partial charge in [-0.2, -0.15) is 0 Å². The summed E-state index contributed by atoms with van der Waals surface area (Å²) in [5.41, 5.74) is 1.31. The van der Waals surface area contributed by atoms with Crippen LogP contribution in [0, 0.1) is 0 Å². The van der Waals surface area contributed by atoms with Crippen molar-refractivity contribution in [2.24, 2.45) is 0 Å². The van der Waals surface area contributed by atoms with E-state index < -0.39 is 0 Å². The number of hydrogen-bond donors (Lipinski definition) is 0. The Morgan fingerprint density at radius 3 is 2.44 bits per heavy atom. The summed E-state index contributed by atoms with van der Waals surface area (Å²) in [6.07, 6.45) is 6.58. The minimum absolute atomic E-state index is 0.254. The van der Waals surface area contributed by atoms with Crippen molar-refractivity contribution in [2.75, 3.05) is 19.8 Å². The van der Waals surface area contributed by atoms with Crippen molar-refractivity contribution in [3.8, 4) is 0 Å². The SMILES string of the molecule is CC(C)=CCOC1CCC2(CC1)OCCO2. The second-order valence-electron chi connectivity index (χ2n) is 4.92. The molecule has 1 saturated heterocycles. The van der Waals surface area contributed by atoms with Crippen molar-refractivity contribution in [3.63, 3.8) is 0 Å². The zero-order chi connectivity index (χ0) is 11.4. The normalized spacial score (nSPS) is 24.9. The summed E-state index contributed by atoms with van der Waals surface area (Å²) in [6.45, 7) is 6.44. The molecule has 2 rings (SSSR count). The van der Waals surface area contributed by atoms with E-state index in [1.807, 2.05) is 0 Å². The van der Waals surface area contributed by atoms with Gasteiger partial charge in [0, 0.05) is 12.8 Å². The fraction of sp³-hybridized carbons (Fsp3) is 0.846. The minimum atomic E-state index is -0.254. The third-order valence-corrected chi connectivity index (χ3v) is 3.33. The molecule has 0 aromatic carbocycles. The Morgan fingerprint density at radius 2 is 1.88 bits per heavy atom. The van der Waals surface area contributed by atoms with Crippen molar-refractivity contribution in [1.29, 1.82) is 0 Å². The highest BCUT2D eigenvalue weighted by atomic mass is 16.7. The summed E-state index contributed by atoms with van der Waals surface area (Å²) in [5.74, 6) is -0.254. The van der Waals surface area contributed by atoms with E-state index in [-0.39, 0.29) is 5.79 Å². The average molecular weight is 226 g/mol. The van der Waals surface area contributed by atoms with Crippen LogP contribution in [-0.4, -0.2) is 31.7 Å². The number of rotatable bonds is 3. The van der Waals surface area contributed by atoms with Gasteiger partial charge in [-0.1, -0.05) is 11.6 Å². The lowest BCUT2D eigenvalue weighted by Crippen LogP contribution is -2.37. The Hall–Kier alpha value is -0.380. The first-order valence-electron chi connectivity index (χ1n) is 6.23. The van der Waals surface area contributed by atoms with E-state index in [1.54, 1.807) is 0 Å². The number of hydrogen-bond acceptors (Lipinski definition) is 3. The first kappa shape index (κ1) is 12.1. The lowest BCUT2D eigenvalue weighted by atomic mass is 9.92. The summed E-state index contributed by atoms with van der Waals surface area (Å²) < 4.78 is 17.2. The van der Waals surface area contributed by atoms with Gasteiger partial charge in [-0.3, -0.25) is 0 Å². The third kappa shape index (κ3) is 3.06. The van der Waals surface area contributed by atoms with Gasteiger partial charge in [0.15, 0.2) is 5.79 Å². The van der Waals surface area contributed by atoms with Gasteiger partial charge in [-0.25, -0.2) is 0 Å². The molecule has 0 unspecified atom stereocenters. The van der Waals surface area contributed by atoms with Crippen LogP contribution in [0.1, 0.15) is 39.5 Å². The molecule has 1 spiro atoms. The molecular weight excluding hydrogens is 204 g/mol. The van der Waals surface area contributed by atoms with Gasteiger partial charge >= 0.3 is 0 Å². The molecule has 1 saturated carbocycles. The van der Waals surface area contributed by atoms with Crippen LogP contribution in [0.3, 0.4) is 0 Å². The van der Waals surface area contributed by atoms with Gasteiger partial charge in [-0.15, -0.1) is 0 Å². The summed E-state index contributed by atoms with van der Waals surface area (Å²) >= 11 is 0. The first-order chi connectivity index (χ1) is 7.70. The van der Waals surface area contributed by atoms with Gasteiger partial charge in [0.2, 0.25) is 0 Å². The molecule has 1 aliphatic heterocycles. The molecule has 0 amide bonds. The van der Waals surface area contributed by atoms with Gasteiger partial charge in [0.1, 0.15) is 0 Å². The van der Waals surface area contributed by atoms with Crippen LogP contribution >= 0.6 is 0 Å². The minimum Gasteiger partial charge on any atom is -0.374 e. The predicted molar refractivity (Wildman–Crippen MR) is 62.3 cm³/mol. The maximum atomic E-state index is 5.81. The summed E-state index contributed by atoms with van der Waals surface area (Å²) in [4.78, 5) is 0. The van der Waals surface area contributed by atoms with E-state index in [4.69, 9.17) is 14.2 Å². The van der Waals surface area contributed by atoms with Crippen LogP contribution in [0.25, 0.3) is 0 Å². The Morgan fingerprint density at radius 1 is 1.25 bits per heavy atom. The van der Waals surface area contributed by atoms with E-state index in [0.29, 0.717) is 6.10 Å². The maximum Gasteiger partial charge on any atom is 0.168 e. The van der Waals surface area contributed by atoms with Crippen LogP contribution < -0.4 is 0 Å². The summed E-state index contributed by atoms with van der Waals surface area (Å²) in [5, 5.41) is 0. The molecule has 0 aromatic rings. The molecule has 1 aliphatic carbocycles. The Kier molecular flexibility index (Phi) is 4.00. The Balaban J connectivity index is 1.71. The standard InChI is InChI=1S/C13H22O3/c1-11(2)5-8-14-12-3-6-13(7-4-12)15-9-10-16-13/h5,12H,3-4,6-10H2,1-2H3. The van der Waals surface area contributed by atoms with Crippen LogP contribution in [0.4, 0.5) is 0 Å². The van der Waals surface area contributed by atoms with E-state index in [1.165, 1.54) is 5.57 Å². The van der Waals surface area contributed by atoms with Crippen molar-refractivity contribution < 1.29 is 14.2 Å². The Bertz CT molecular complexity index is 240. The molecule has 16 heavy (non-hydrogen) atoms. The van der Waals surface area contributed by atoms with Crippen molar-refractivity contribution in [3.05, 3.63) is 11.6 Å². The van der Waals surface area contributed by atoms with Crippen LogP contribution in [0.5, 0.6) is 0 Å². The molecule has 0 aromatic heterocycles. The lowest BCUT2D eigenvalue weighted by Gasteiger charge is -2.35. The molecule has 0 bridgehead atoms. The van der Waals surface area contributed by atoms with E-state index in [2.05, 4.69) is 19.9 Å². The molecule has 1 heterocycles. The van der Waals surface area contributed by atoms with Crippen molar-refractivity contribution in [2.45, 2.75) is 51.4 Å². The van der Waals surface area contributed by atoms with Gasteiger partial charge in [0.25, 0.3) is 0 Å². The smallest absolute Gasteiger partial charge is 0.168 e. The second kappa shape index (κ2) is 5.30. The van der Waals surface area contributed by atoms with Gasteiger partial charge < -0.3 is 14.2 Å². The quantitative estimate of drug-likeness (QED) is 0.692. The van der Waals surface area contributed by atoms with Crippen LogP contribution in [0.15, 0.2) is 11.6 Å². The highest BCUT2D eigenvalue weighted by Gasteiger charge is 2.40. The largest absolute Gasteiger partial charge is 0.374 e.